The van der Waals surface area contributed by atoms with Crippen LogP contribution in [0, 0.1) is 0 Å². The first-order valence-corrected chi connectivity index (χ1v) is 5.75. The lowest BCUT2D eigenvalue weighted by atomic mass is 10.1. The highest BCUT2D eigenvalue weighted by molar-refractivity contribution is 5.88. The first-order chi connectivity index (χ1) is 8.38. The number of pyridine rings is 1. The molecule has 0 fully saturated rings. The average molecular weight is 223 g/mol. The minimum absolute atomic E-state index is 0.937. The molecule has 0 N–H and O–H groups in total. The molecular formula is C14H13N3. The van der Waals surface area contributed by atoms with E-state index in [0.717, 1.165) is 23.3 Å². The molecule has 0 aliphatic heterocycles. The standard InChI is InChI=1S/C14H13N3/c1-2-12-9-11-5-3-4-6-13(11)14(16-12)17-8-7-15-10-17/h3-10H,2H2,1H3. The number of hydrogen-bond acceptors (Lipinski definition) is 2. The Balaban J connectivity index is 2.35. The Morgan fingerprint density at radius 2 is 2.12 bits per heavy atom. The molecule has 0 atom stereocenters. The number of benzene rings is 1. The van der Waals surface area contributed by atoms with Gasteiger partial charge >= 0.3 is 0 Å². The average Bonchev–Trinajstić information content (AvgIpc) is 2.91. The van der Waals surface area contributed by atoms with Crippen molar-refractivity contribution in [3.05, 3.63) is 54.7 Å². The second-order valence-electron chi connectivity index (χ2n) is 3.98. The highest BCUT2D eigenvalue weighted by Crippen LogP contribution is 2.21. The lowest BCUT2D eigenvalue weighted by Gasteiger charge is -2.08. The molecule has 0 unspecified atom stereocenters. The number of aryl methyl sites for hydroxylation is 1. The van der Waals surface area contributed by atoms with Crippen molar-refractivity contribution in [3.8, 4) is 5.82 Å². The molecule has 0 radical (unpaired) electrons. The molecule has 84 valence electrons. The van der Waals surface area contributed by atoms with Crippen molar-refractivity contribution in [1.82, 2.24) is 14.5 Å². The van der Waals surface area contributed by atoms with Crippen LogP contribution < -0.4 is 0 Å². The van der Waals surface area contributed by atoms with E-state index in [1.165, 1.54) is 5.39 Å². The van der Waals surface area contributed by atoms with Crippen molar-refractivity contribution >= 4 is 10.8 Å². The summed E-state index contributed by atoms with van der Waals surface area (Å²) in [4.78, 5) is 8.77. The van der Waals surface area contributed by atoms with Crippen LogP contribution in [0.25, 0.3) is 16.6 Å². The van der Waals surface area contributed by atoms with Gasteiger partial charge in [-0.05, 0) is 17.9 Å². The maximum Gasteiger partial charge on any atom is 0.146 e. The maximum atomic E-state index is 4.68. The largest absolute Gasteiger partial charge is 0.290 e. The fourth-order valence-electron chi connectivity index (χ4n) is 2.00. The van der Waals surface area contributed by atoms with Crippen molar-refractivity contribution in [1.29, 1.82) is 0 Å². The van der Waals surface area contributed by atoms with Crippen LogP contribution in [0.1, 0.15) is 12.6 Å². The molecule has 2 heterocycles. The third-order valence-corrected chi connectivity index (χ3v) is 2.88. The summed E-state index contributed by atoms with van der Waals surface area (Å²) in [6.07, 6.45) is 6.42. The number of rotatable bonds is 2. The molecule has 3 rings (SSSR count). The summed E-state index contributed by atoms with van der Waals surface area (Å²) in [5.41, 5.74) is 1.10. The van der Waals surface area contributed by atoms with Crippen LogP contribution in [0.3, 0.4) is 0 Å². The van der Waals surface area contributed by atoms with Gasteiger partial charge in [0.2, 0.25) is 0 Å². The number of nitrogens with zero attached hydrogens (tertiary/aromatic N) is 3. The van der Waals surface area contributed by atoms with E-state index in [4.69, 9.17) is 0 Å². The lowest BCUT2D eigenvalue weighted by Crippen LogP contribution is -1.99. The summed E-state index contributed by atoms with van der Waals surface area (Å²) in [6, 6.07) is 10.5. The van der Waals surface area contributed by atoms with Crippen molar-refractivity contribution in [2.75, 3.05) is 0 Å². The number of aromatic nitrogens is 3. The van der Waals surface area contributed by atoms with Gasteiger partial charge in [-0.3, -0.25) is 4.57 Å². The monoisotopic (exact) mass is 223 g/mol. The molecule has 2 aromatic heterocycles. The zero-order valence-corrected chi connectivity index (χ0v) is 9.67. The van der Waals surface area contributed by atoms with Gasteiger partial charge in [0.25, 0.3) is 0 Å². The molecule has 3 aromatic rings. The Hall–Kier alpha value is -2.16. The minimum Gasteiger partial charge on any atom is -0.290 e. The van der Waals surface area contributed by atoms with E-state index in [1.54, 1.807) is 12.5 Å². The third-order valence-electron chi connectivity index (χ3n) is 2.88. The highest BCUT2D eigenvalue weighted by atomic mass is 15.1. The number of hydrogen-bond donors (Lipinski definition) is 0. The first kappa shape index (κ1) is 10.0. The summed E-state index contributed by atoms with van der Waals surface area (Å²) < 4.78 is 1.96. The lowest BCUT2D eigenvalue weighted by molar-refractivity contribution is 0.956. The summed E-state index contributed by atoms with van der Waals surface area (Å²) >= 11 is 0. The third kappa shape index (κ3) is 1.69. The van der Waals surface area contributed by atoms with Gasteiger partial charge in [-0.2, -0.15) is 0 Å². The van der Waals surface area contributed by atoms with Crippen LogP contribution in [-0.4, -0.2) is 14.5 Å². The van der Waals surface area contributed by atoms with Gasteiger partial charge in [0.15, 0.2) is 0 Å². The molecule has 3 heteroatoms. The second-order valence-corrected chi connectivity index (χ2v) is 3.98. The van der Waals surface area contributed by atoms with Crippen LogP contribution in [0.5, 0.6) is 0 Å². The van der Waals surface area contributed by atoms with Crippen molar-refractivity contribution in [2.24, 2.45) is 0 Å². The predicted molar refractivity (Wildman–Crippen MR) is 68.2 cm³/mol. The Kier molecular flexibility index (Phi) is 2.37. The fourth-order valence-corrected chi connectivity index (χ4v) is 2.00. The molecule has 0 saturated carbocycles. The van der Waals surface area contributed by atoms with Crippen LogP contribution in [0.15, 0.2) is 49.1 Å². The summed E-state index contributed by atoms with van der Waals surface area (Å²) in [5, 5.41) is 2.38. The Morgan fingerprint density at radius 3 is 2.88 bits per heavy atom. The van der Waals surface area contributed by atoms with Gasteiger partial charge in [-0.15, -0.1) is 0 Å². The second kappa shape index (κ2) is 4.01. The Labute approximate surface area is 99.8 Å². The van der Waals surface area contributed by atoms with Gasteiger partial charge in [0, 0.05) is 23.5 Å². The van der Waals surface area contributed by atoms with Crippen molar-refractivity contribution in [3.63, 3.8) is 0 Å². The zero-order chi connectivity index (χ0) is 11.7. The zero-order valence-electron chi connectivity index (χ0n) is 9.67. The van der Waals surface area contributed by atoms with Gasteiger partial charge in [-0.25, -0.2) is 9.97 Å². The number of imidazole rings is 1. The molecule has 0 aliphatic rings. The van der Waals surface area contributed by atoms with E-state index in [1.807, 2.05) is 16.8 Å². The first-order valence-electron chi connectivity index (χ1n) is 5.75. The predicted octanol–water partition coefficient (Wildman–Crippen LogP) is 2.98. The highest BCUT2D eigenvalue weighted by Gasteiger charge is 2.06. The smallest absolute Gasteiger partial charge is 0.146 e. The SMILES string of the molecule is CCc1cc2ccccc2c(-n2ccnc2)n1. The summed E-state index contributed by atoms with van der Waals surface area (Å²) in [6.45, 7) is 2.12. The van der Waals surface area contributed by atoms with Crippen LogP contribution in [-0.2, 0) is 6.42 Å². The van der Waals surface area contributed by atoms with E-state index in [2.05, 4.69) is 41.2 Å². The molecular weight excluding hydrogens is 210 g/mol. The summed E-state index contributed by atoms with van der Waals surface area (Å²) in [7, 11) is 0. The minimum atomic E-state index is 0.937. The summed E-state index contributed by atoms with van der Waals surface area (Å²) in [5.74, 6) is 0.956. The quantitative estimate of drug-likeness (QED) is 0.668. The van der Waals surface area contributed by atoms with Crippen LogP contribution >= 0.6 is 0 Å². The van der Waals surface area contributed by atoms with E-state index in [9.17, 15) is 0 Å². The van der Waals surface area contributed by atoms with Gasteiger partial charge < -0.3 is 0 Å². The van der Waals surface area contributed by atoms with Crippen LogP contribution in [0.2, 0.25) is 0 Å². The van der Waals surface area contributed by atoms with E-state index >= 15 is 0 Å². The van der Waals surface area contributed by atoms with Gasteiger partial charge in [0.05, 0.1) is 0 Å². The molecule has 3 nitrogen and oxygen atoms in total. The molecule has 0 spiro atoms. The molecule has 17 heavy (non-hydrogen) atoms. The number of fused-ring (bicyclic) bond motifs is 1. The maximum absolute atomic E-state index is 4.68. The van der Waals surface area contributed by atoms with E-state index in [-0.39, 0.29) is 0 Å². The fraction of sp³-hybridized carbons (Fsp3) is 0.143. The normalized spacial score (nSPS) is 10.9. The van der Waals surface area contributed by atoms with E-state index < -0.39 is 0 Å². The molecule has 1 aromatic carbocycles. The topological polar surface area (TPSA) is 30.7 Å². The van der Waals surface area contributed by atoms with Gasteiger partial charge in [0.1, 0.15) is 12.1 Å². The van der Waals surface area contributed by atoms with Crippen LogP contribution in [0.4, 0.5) is 0 Å². The van der Waals surface area contributed by atoms with Crippen molar-refractivity contribution < 1.29 is 0 Å². The molecule has 0 aliphatic carbocycles. The molecule has 0 bridgehead atoms. The Morgan fingerprint density at radius 1 is 1.24 bits per heavy atom. The molecule has 0 amide bonds. The van der Waals surface area contributed by atoms with E-state index in [0.29, 0.717) is 0 Å². The van der Waals surface area contributed by atoms with Crippen molar-refractivity contribution in [2.45, 2.75) is 13.3 Å². The Bertz CT molecular complexity index is 642. The molecule has 0 saturated heterocycles. The van der Waals surface area contributed by atoms with Gasteiger partial charge in [-0.1, -0.05) is 31.2 Å².